The number of sulfonamides is 1. The molecule has 1 heterocycles. The van der Waals surface area contributed by atoms with Crippen LogP contribution in [0.2, 0.25) is 0 Å². The lowest BCUT2D eigenvalue weighted by Gasteiger charge is -2.17. The van der Waals surface area contributed by atoms with Crippen LogP contribution in [0.4, 0.5) is 5.69 Å². The summed E-state index contributed by atoms with van der Waals surface area (Å²) in [4.78, 5) is 14.5. The molecule has 0 radical (unpaired) electrons. The number of carbonyl (C=O) groups excluding carboxylic acids is 1. The number of ether oxygens (including phenoxy) is 1. The topological polar surface area (TPSA) is 79.0 Å². The van der Waals surface area contributed by atoms with Gasteiger partial charge in [0.2, 0.25) is 15.9 Å². The highest BCUT2D eigenvalue weighted by Gasteiger charge is 2.26. The van der Waals surface area contributed by atoms with Gasteiger partial charge in [-0.3, -0.25) is 9.69 Å². The fourth-order valence-electron chi connectivity index (χ4n) is 3.46. The first-order valence-corrected chi connectivity index (χ1v) is 11.6. The van der Waals surface area contributed by atoms with Crippen molar-refractivity contribution in [3.63, 3.8) is 0 Å². The molecule has 1 aliphatic heterocycles. The number of anilines is 1. The zero-order valence-electron chi connectivity index (χ0n) is 17.5. The second kappa shape index (κ2) is 10.1. The average Bonchev–Trinajstić information content (AvgIpc) is 3.26. The summed E-state index contributed by atoms with van der Waals surface area (Å²) >= 11 is 0. The Morgan fingerprint density at radius 3 is 2.30 bits per heavy atom. The van der Waals surface area contributed by atoms with Gasteiger partial charge in [0.1, 0.15) is 5.75 Å². The SMILES string of the molecule is CCOc1ccc(CN(C)CC(=O)Nc2ccc(S(=O)(=O)N3CCCC3)cc2)cc1. The molecule has 0 aliphatic carbocycles. The first-order chi connectivity index (χ1) is 14.4. The lowest BCUT2D eigenvalue weighted by atomic mass is 10.2. The Labute approximate surface area is 178 Å². The number of likely N-dealkylation sites (N-methyl/N-ethyl adjacent to an activating group) is 1. The van der Waals surface area contributed by atoms with Gasteiger partial charge in [-0.25, -0.2) is 8.42 Å². The van der Waals surface area contributed by atoms with Crippen LogP contribution in [0.1, 0.15) is 25.3 Å². The van der Waals surface area contributed by atoms with E-state index in [0.717, 1.165) is 24.2 Å². The van der Waals surface area contributed by atoms with Crippen molar-refractivity contribution in [3.8, 4) is 5.75 Å². The number of rotatable bonds is 9. The monoisotopic (exact) mass is 431 g/mol. The number of hydrogen-bond donors (Lipinski definition) is 1. The minimum atomic E-state index is -3.44. The molecule has 2 aromatic carbocycles. The normalized spacial score (nSPS) is 14.8. The molecule has 0 atom stereocenters. The molecule has 3 rings (SSSR count). The first kappa shape index (κ1) is 22.3. The highest BCUT2D eigenvalue weighted by molar-refractivity contribution is 7.89. The van der Waals surface area contributed by atoms with E-state index in [-0.39, 0.29) is 17.3 Å². The maximum atomic E-state index is 12.6. The molecule has 1 aliphatic rings. The molecule has 8 heteroatoms. The van der Waals surface area contributed by atoms with Gasteiger partial charge < -0.3 is 10.1 Å². The molecule has 30 heavy (non-hydrogen) atoms. The summed E-state index contributed by atoms with van der Waals surface area (Å²) in [6, 6.07) is 14.2. The zero-order chi connectivity index (χ0) is 21.6. The molecule has 1 N–H and O–H groups in total. The van der Waals surface area contributed by atoms with E-state index in [9.17, 15) is 13.2 Å². The maximum absolute atomic E-state index is 12.6. The third-order valence-electron chi connectivity index (χ3n) is 4.94. The van der Waals surface area contributed by atoms with Crippen molar-refractivity contribution in [1.29, 1.82) is 0 Å². The summed E-state index contributed by atoms with van der Waals surface area (Å²) in [5.74, 6) is 0.676. The van der Waals surface area contributed by atoms with E-state index in [4.69, 9.17) is 4.74 Å². The van der Waals surface area contributed by atoms with Gasteiger partial charge in [-0.05, 0) is 68.8 Å². The fraction of sp³-hybridized carbons (Fsp3) is 0.409. The van der Waals surface area contributed by atoms with Crippen LogP contribution < -0.4 is 10.1 Å². The summed E-state index contributed by atoms with van der Waals surface area (Å²) in [7, 11) is -1.56. The third kappa shape index (κ3) is 5.81. The molecule has 162 valence electrons. The van der Waals surface area contributed by atoms with Crippen LogP contribution in [0, 0.1) is 0 Å². The van der Waals surface area contributed by atoms with Gasteiger partial charge in [0, 0.05) is 25.3 Å². The van der Waals surface area contributed by atoms with Gasteiger partial charge in [0.05, 0.1) is 18.0 Å². The Hall–Kier alpha value is -2.42. The lowest BCUT2D eigenvalue weighted by molar-refractivity contribution is -0.117. The van der Waals surface area contributed by atoms with E-state index in [1.54, 1.807) is 24.3 Å². The second-order valence-electron chi connectivity index (χ2n) is 7.43. The van der Waals surface area contributed by atoms with Crippen molar-refractivity contribution in [2.24, 2.45) is 0 Å². The summed E-state index contributed by atoms with van der Waals surface area (Å²) in [6.07, 6.45) is 1.80. The molecule has 0 saturated carbocycles. The lowest BCUT2D eigenvalue weighted by Crippen LogP contribution is -2.30. The quantitative estimate of drug-likeness (QED) is 0.660. The van der Waals surface area contributed by atoms with E-state index in [1.807, 2.05) is 43.1 Å². The van der Waals surface area contributed by atoms with Crippen molar-refractivity contribution >= 4 is 21.6 Å². The van der Waals surface area contributed by atoms with Gasteiger partial charge in [0.15, 0.2) is 0 Å². The van der Waals surface area contributed by atoms with Crippen molar-refractivity contribution in [3.05, 3.63) is 54.1 Å². The maximum Gasteiger partial charge on any atom is 0.243 e. The predicted molar refractivity (Wildman–Crippen MR) is 117 cm³/mol. The van der Waals surface area contributed by atoms with Crippen LogP contribution in [0.15, 0.2) is 53.4 Å². The number of amides is 1. The van der Waals surface area contributed by atoms with Gasteiger partial charge in [0.25, 0.3) is 0 Å². The van der Waals surface area contributed by atoms with Gasteiger partial charge >= 0.3 is 0 Å². The highest BCUT2D eigenvalue weighted by Crippen LogP contribution is 2.22. The second-order valence-corrected chi connectivity index (χ2v) is 9.37. The Morgan fingerprint density at radius 2 is 1.70 bits per heavy atom. The van der Waals surface area contributed by atoms with Gasteiger partial charge in [-0.15, -0.1) is 0 Å². The van der Waals surface area contributed by atoms with E-state index in [2.05, 4.69) is 5.32 Å². The number of nitrogens with zero attached hydrogens (tertiary/aromatic N) is 2. The van der Waals surface area contributed by atoms with Crippen molar-refractivity contribution in [2.45, 2.75) is 31.2 Å². The average molecular weight is 432 g/mol. The highest BCUT2D eigenvalue weighted by atomic mass is 32.2. The van der Waals surface area contributed by atoms with Crippen molar-refractivity contribution < 1.29 is 17.9 Å². The van der Waals surface area contributed by atoms with Crippen LogP contribution in [0.5, 0.6) is 5.75 Å². The summed E-state index contributed by atoms with van der Waals surface area (Å²) < 4.78 is 32.1. The summed E-state index contributed by atoms with van der Waals surface area (Å²) in [5.41, 5.74) is 1.67. The van der Waals surface area contributed by atoms with Crippen LogP contribution >= 0.6 is 0 Å². The van der Waals surface area contributed by atoms with Gasteiger partial charge in [-0.1, -0.05) is 12.1 Å². The van der Waals surface area contributed by atoms with E-state index >= 15 is 0 Å². The minimum absolute atomic E-state index is 0.154. The fourth-order valence-corrected chi connectivity index (χ4v) is 4.98. The van der Waals surface area contributed by atoms with E-state index < -0.39 is 10.0 Å². The molecule has 7 nitrogen and oxygen atoms in total. The summed E-state index contributed by atoms with van der Waals surface area (Å²) in [5, 5.41) is 2.82. The Kier molecular flexibility index (Phi) is 7.47. The molecule has 1 fully saturated rings. The largest absolute Gasteiger partial charge is 0.494 e. The Bertz CT molecular complexity index is 937. The zero-order valence-corrected chi connectivity index (χ0v) is 18.3. The first-order valence-electron chi connectivity index (χ1n) is 10.2. The Balaban J connectivity index is 1.51. The molecule has 2 aromatic rings. The Morgan fingerprint density at radius 1 is 1.07 bits per heavy atom. The van der Waals surface area contributed by atoms with Crippen LogP contribution in [0.25, 0.3) is 0 Å². The third-order valence-corrected chi connectivity index (χ3v) is 6.85. The summed E-state index contributed by atoms with van der Waals surface area (Å²) in [6.45, 7) is 4.57. The molecular weight excluding hydrogens is 402 g/mol. The number of carbonyl (C=O) groups is 1. The standard InChI is InChI=1S/C22H29N3O4S/c1-3-29-20-10-6-18(7-11-20)16-24(2)17-22(26)23-19-8-12-21(13-9-19)30(27,28)25-14-4-5-15-25/h6-13H,3-5,14-17H2,1-2H3,(H,23,26). The minimum Gasteiger partial charge on any atom is -0.494 e. The smallest absolute Gasteiger partial charge is 0.243 e. The van der Waals surface area contributed by atoms with Crippen molar-refractivity contribution in [1.82, 2.24) is 9.21 Å². The van der Waals surface area contributed by atoms with Crippen LogP contribution in [-0.4, -0.2) is 56.8 Å². The molecular formula is C22H29N3O4S. The number of hydrogen-bond acceptors (Lipinski definition) is 5. The van der Waals surface area contributed by atoms with E-state index in [1.165, 1.54) is 4.31 Å². The van der Waals surface area contributed by atoms with Crippen molar-refractivity contribution in [2.75, 3.05) is 38.6 Å². The molecule has 0 aromatic heterocycles. The number of benzene rings is 2. The van der Waals surface area contributed by atoms with Crippen LogP contribution in [0.3, 0.4) is 0 Å². The molecule has 0 unspecified atom stereocenters. The van der Waals surface area contributed by atoms with Crippen LogP contribution in [-0.2, 0) is 21.4 Å². The molecule has 1 amide bonds. The predicted octanol–water partition coefficient (Wildman–Crippen LogP) is 2.94. The molecule has 0 spiro atoms. The molecule has 0 bridgehead atoms. The number of nitrogens with one attached hydrogen (secondary N) is 1. The van der Waals surface area contributed by atoms with E-state index in [0.29, 0.717) is 31.9 Å². The van der Waals surface area contributed by atoms with Gasteiger partial charge in [-0.2, -0.15) is 4.31 Å². The molecule has 1 saturated heterocycles.